The van der Waals surface area contributed by atoms with Crippen molar-refractivity contribution in [3.8, 4) is 5.75 Å². The molecule has 2 aromatic carbocycles. The Morgan fingerprint density at radius 2 is 1.90 bits per heavy atom. The number of hydrogen-bond donors (Lipinski definition) is 3. The van der Waals surface area contributed by atoms with Gasteiger partial charge in [0.15, 0.2) is 0 Å². The number of nitrogens with one attached hydrogen (secondary N) is 1. The second-order valence-corrected chi connectivity index (χ2v) is 9.97. The number of phenols is 1. The number of carbonyl (C=O) groups is 1. The standard InChI is InChI=1S/C23H29NO6S/c1-14(2)16-6-9-20(17(12-16)7-10-21(25)15-4-5-15)24-31(28,29)18-8-11-22(26)19(13-18)23(27)30-3/h6,8-9,11-15,21,24-26H,4-5,7,10H2,1-3H3. The molecule has 1 saturated carbocycles. The molecule has 2 aromatic rings. The molecule has 8 heteroatoms. The van der Waals surface area contributed by atoms with Crippen LogP contribution in [0.5, 0.6) is 5.75 Å². The van der Waals surface area contributed by atoms with Crippen molar-refractivity contribution in [3.63, 3.8) is 0 Å². The van der Waals surface area contributed by atoms with E-state index in [1.54, 1.807) is 6.07 Å². The van der Waals surface area contributed by atoms with E-state index in [-0.39, 0.29) is 28.2 Å². The number of esters is 1. The van der Waals surface area contributed by atoms with Crippen molar-refractivity contribution in [2.45, 2.75) is 56.4 Å². The molecule has 1 unspecified atom stereocenters. The fraction of sp³-hybridized carbons (Fsp3) is 0.435. The molecule has 0 bridgehead atoms. The average Bonchev–Trinajstić information content (AvgIpc) is 3.57. The number of aromatic hydroxyl groups is 1. The Bertz CT molecular complexity index is 1060. The van der Waals surface area contributed by atoms with Crippen LogP contribution >= 0.6 is 0 Å². The molecule has 1 aliphatic rings. The lowest BCUT2D eigenvalue weighted by Gasteiger charge is -2.17. The van der Waals surface area contributed by atoms with E-state index < -0.39 is 16.0 Å². The zero-order valence-electron chi connectivity index (χ0n) is 18.0. The highest BCUT2D eigenvalue weighted by Crippen LogP contribution is 2.35. The van der Waals surface area contributed by atoms with E-state index in [0.29, 0.717) is 24.4 Å². The van der Waals surface area contributed by atoms with Crippen LogP contribution in [0.3, 0.4) is 0 Å². The zero-order valence-corrected chi connectivity index (χ0v) is 18.8. The molecule has 3 N–H and O–H groups in total. The third-order valence-electron chi connectivity index (χ3n) is 5.60. The van der Waals surface area contributed by atoms with Crippen molar-refractivity contribution in [2.24, 2.45) is 5.92 Å². The number of methoxy groups -OCH3 is 1. The number of aliphatic hydroxyl groups is 1. The second-order valence-electron chi connectivity index (χ2n) is 8.29. The minimum Gasteiger partial charge on any atom is -0.507 e. The van der Waals surface area contributed by atoms with Crippen molar-refractivity contribution < 1.29 is 28.2 Å². The van der Waals surface area contributed by atoms with Crippen LogP contribution in [0.25, 0.3) is 0 Å². The maximum Gasteiger partial charge on any atom is 0.341 e. The first-order valence-electron chi connectivity index (χ1n) is 10.4. The molecule has 3 rings (SSSR count). The number of phenolic OH excluding ortho intramolecular Hbond substituents is 1. The maximum atomic E-state index is 13.0. The van der Waals surface area contributed by atoms with Crippen molar-refractivity contribution in [3.05, 3.63) is 53.1 Å². The predicted octanol–water partition coefficient (Wildman–Crippen LogP) is 3.81. The molecule has 0 radical (unpaired) electrons. The van der Waals surface area contributed by atoms with Crippen LogP contribution in [0.15, 0.2) is 41.3 Å². The molecule has 31 heavy (non-hydrogen) atoms. The SMILES string of the molecule is COC(=O)c1cc(S(=O)(=O)Nc2ccc(C(C)C)cc2CCC(O)C2CC2)ccc1O. The first kappa shape index (κ1) is 23.1. The van der Waals surface area contributed by atoms with E-state index in [1.165, 1.54) is 6.07 Å². The molecule has 1 aliphatic carbocycles. The number of carbonyl (C=O) groups excluding carboxylic acids is 1. The monoisotopic (exact) mass is 447 g/mol. The minimum absolute atomic E-state index is 0.164. The molecule has 0 aromatic heterocycles. The Balaban J connectivity index is 1.90. The summed E-state index contributed by atoms with van der Waals surface area (Å²) in [4.78, 5) is 11.7. The summed E-state index contributed by atoms with van der Waals surface area (Å²) in [5.74, 6) is -0.563. The summed E-state index contributed by atoms with van der Waals surface area (Å²) in [6, 6.07) is 9.04. The van der Waals surface area contributed by atoms with Gasteiger partial charge in [-0.15, -0.1) is 0 Å². The first-order valence-corrected chi connectivity index (χ1v) is 11.9. The summed E-state index contributed by atoms with van der Waals surface area (Å²) < 4.78 is 33.2. The molecule has 0 heterocycles. The molecule has 0 amide bonds. The van der Waals surface area contributed by atoms with Crippen molar-refractivity contribution >= 4 is 21.7 Å². The smallest absolute Gasteiger partial charge is 0.341 e. The summed E-state index contributed by atoms with van der Waals surface area (Å²) in [6.07, 6.45) is 2.80. The molecule has 1 fully saturated rings. The summed E-state index contributed by atoms with van der Waals surface area (Å²) in [5, 5.41) is 20.1. The van der Waals surface area contributed by atoms with Crippen molar-refractivity contribution in [1.29, 1.82) is 0 Å². The normalized spacial score (nSPS) is 15.0. The van der Waals surface area contributed by atoms with Gasteiger partial charge >= 0.3 is 5.97 Å². The molecule has 7 nitrogen and oxygen atoms in total. The molecular weight excluding hydrogens is 418 g/mol. The van der Waals surface area contributed by atoms with Crippen LogP contribution in [-0.4, -0.2) is 37.8 Å². The molecule has 0 aliphatic heterocycles. The zero-order chi connectivity index (χ0) is 22.8. The summed E-state index contributed by atoms with van der Waals surface area (Å²) in [5.41, 5.74) is 2.09. The summed E-state index contributed by atoms with van der Waals surface area (Å²) in [7, 11) is -2.87. The number of rotatable bonds is 9. The highest BCUT2D eigenvalue weighted by atomic mass is 32.2. The molecule has 0 spiro atoms. The molecule has 0 saturated heterocycles. The van der Waals surface area contributed by atoms with Crippen LogP contribution < -0.4 is 4.72 Å². The molecule has 168 valence electrons. The van der Waals surface area contributed by atoms with Gasteiger partial charge in [0.25, 0.3) is 10.0 Å². The lowest BCUT2D eigenvalue weighted by Crippen LogP contribution is -2.16. The number of aryl methyl sites for hydroxylation is 1. The molecular formula is C23H29NO6S. The Hall–Kier alpha value is -2.58. The number of aliphatic hydroxyl groups excluding tert-OH is 1. The number of ether oxygens (including phenoxy) is 1. The fourth-order valence-corrected chi connectivity index (χ4v) is 4.59. The van der Waals surface area contributed by atoms with E-state index in [0.717, 1.165) is 43.2 Å². The Morgan fingerprint density at radius 1 is 1.19 bits per heavy atom. The third-order valence-corrected chi connectivity index (χ3v) is 6.96. The van der Waals surface area contributed by atoms with Crippen LogP contribution in [0.1, 0.15) is 60.5 Å². The largest absolute Gasteiger partial charge is 0.507 e. The Labute approximate surface area is 183 Å². The number of hydrogen-bond acceptors (Lipinski definition) is 6. The second kappa shape index (κ2) is 9.28. The van der Waals surface area contributed by atoms with E-state index >= 15 is 0 Å². The lowest BCUT2D eigenvalue weighted by atomic mass is 9.96. The summed E-state index contributed by atoms with van der Waals surface area (Å²) in [6.45, 7) is 4.12. The van der Waals surface area contributed by atoms with Gasteiger partial charge in [0.1, 0.15) is 11.3 Å². The van der Waals surface area contributed by atoms with Gasteiger partial charge in [-0.1, -0.05) is 26.0 Å². The van der Waals surface area contributed by atoms with Gasteiger partial charge in [0.2, 0.25) is 0 Å². The Kier molecular flexibility index (Phi) is 6.91. The highest BCUT2D eigenvalue weighted by Gasteiger charge is 2.29. The van der Waals surface area contributed by atoms with Gasteiger partial charge in [-0.25, -0.2) is 13.2 Å². The Morgan fingerprint density at radius 3 is 2.52 bits per heavy atom. The van der Waals surface area contributed by atoms with Gasteiger partial charge in [0.05, 0.1) is 23.8 Å². The van der Waals surface area contributed by atoms with Crippen LogP contribution in [0, 0.1) is 5.92 Å². The van der Waals surface area contributed by atoms with E-state index in [2.05, 4.69) is 23.3 Å². The lowest BCUT2D eigenvalue weighted by molar-refractivity contribution is 0.0597. The van der Waals surface area contributed by atoms with Gasteiger partial charge in [-0.05, 0) is 72.9 Å². The first-order chi connectivity index (χ1) is 14.6. The van der Waals surface area contributed by atoms with Gasteiger partial charge in [0, 0.05) is 0 Å². The van der Waals surface area contributed by atoms with Crippen LogP contribution in [0.2, 0.25) is 0 Å². The van der Waals surface area contributed by atoms with Crippen molar-refractivity contribution in [1.82, 2.24) is 0 Å². The van der Waals surface area contributed by atoms with Crippen LogP contribution in [0.4, 0.5) is 5.69 Å². The number of sulfonamides is 1. The van der Waals surface area contributed by atoms with Gasteiger partial charge in [-0.3, -0.25) is 4.72 Å². The maximum absolute atomic E-state index is 13.0. The number of benzene rings is 2. The van der Waals surface area contributed by atoms with E-state index in [9.17, 15) is 23.4 Å². The summed E-state index contributed by atoms with van der Waals surface area (Å²) >= 11 is 0. The molecule has 1 atom stereocenters. The number of anilines is 1. The van der Waals surface area contributed by atoms with Gasteiger partial charge < -0.3 is 14.9 Å². The minimum atomic E-state index is -4.02. The van der Waals surface area contributed by atoms with Gasteiger partial charge in [-0.2, -0.15) is 0 Å². The topological polar surface area (TPSA) is 113 Å². The quantitative estimate of drug-likeness (QED) is 0.504. The highest BCUT2D eigenvalue weighted by molar-refractivity contribution is 7.92. The predicted molar refractivity (Wildman–Crippen MR) is 118 cm³/mol. The fourth-order valence-electron chi connectivity index (χ4n) is 3.46. The van der Waals surface area contributed by atoms with E-state index in [4.69, 9.17) is 0 Å². The van der Waals surface area contributed by atoms with E-state index in [1.807, 2.05) is 12.1 Å². The third kappa shape index (κ3) is 5.57. The van der Waals surface area contributed by atoms with Crippen molar-refractivity contribution in [2.75, 3.05) is 11.8 Å². The van der Waals surface area contributed by atoms with Crippen LogP contribution in [-0.2, 0) is 21.2 Å². The average molecular weight is 448 g/mol.